The average Bonchev–Trinajstić information content (AvgIpc) is 2.76. The van der Waals surface area contributed by atoms with Crippen LogP contribution in [0.15, 0.2) is 24.4 Å². The topological polar surface area (TPSA) is 46.9 Å². The van der Waals surface area contributed by atoms with E-state index in [0.29, 0.717) is 18.7 Å². The summed E-state index contributed by atoms with van der Waals surface area (Å²) in [5, 5.41) is 5.04. The number of nitrogens with zero attached hydrogens (tertiary/aromatic N) is 2. The minimum Gasteiger partial charge on any atom is -0.306 e. The number of carbonyl (C=O) groups excluding carboxylic acids is 1. The molecule has 1 aromatic rings. The summed E-state index contributed by atoms with van der Waals surface area (Å²) in [6.45, 7) is 4.00. The molecule has 1 saturated carbocycles. The van der Waals surface area contributed by atoms with E-state index >= 15 is 0 Å². The number of nitrogens with one attached hydrogen (secondary N) is 1. The van der Waals surface area contributed by atoms with Crippen LogP contribution in [-0.2, 0) is 11.8 Å². The van der Waals surface area contributed by atoms with Crippen LogP contribution in [0.1, 0.15) is 26.7 Å². The highest BCUT2D eigenvalue weighted by Gasteiger charge is 2.52. The van der Waals surface area contributed by atoms with Crippen LogP contribution in [-0.4, -0.2) is 20.8 Å². The van der Waals surface area contributed by atoms with Gasteiger partial charge in [0.1, 0.15) is 0 Å². The molecular weight excluding hydrogens is 269 g/mol. The van der Waals surface area contributed by atoms with Gasteiger partial charge < -0.3 is 5.32 Å². The van der Waals surface area contributed by atoms with Gasteiger partial charge in [-0.2, -0.15) is 5.10 Å². The normalized spacial score (nSPS) is 24.8. The zero-order valence-electron chi connectivity index (χ0n) is 11.4. The Kier molecular flexibility index (Phi) is 5.54. The maximum absolute atomic E-state index is 13.0. The van der Waals surface area contributed by atoms with Crippen LogP contribution in [0.25, 0.3) is 0 Å². The molecule has 106 valence electrons. The molecule has 1 aliphatic rings. The van der Waals surface area contributed by atoms with Gasteiger partial charge in [0.25, 0.3) is 0 Å². The average molecular weight is 288 g/mol. The van der Waals surface area contributed by atoms with Gasteiger partial charge in [-0.3, -0.25) is 9.48 Å². The lowest BCUT2D eigenvalue weighted by Gasteiger charge is -1.96. The lowest BCUT2D eigenvalue weighted by Crippen LogP contribution is -2.08. The van der Waals surface area contributed by atoms with Crippen molar-refractivity contribution in [1.29, 1.82) is 0 Å². The minimum atomic E-state index is -1.55. The number of aromatic nitrogens is 2. The highest BCUT2D eigenvalue weighted by molar-refractivity contribution is 6.25. The maximum atomic E-state index is 13.0. The molecule has 0 saturated heterocycles. The van der Waals surface area contributed by atoms with Crippen molar-refractivity contribution in [2.75, 3.05) is 5.32 Å². The van der Waals surface area contributed by atoms with Crippen LogP contribution in [0.5, 0.6) is 0 Å². The number of alkyl halides is 2. The first-order chi connectivity index (χ1) is 8.97. The molecule has 0 aromatic carbocycles. The number of carbonyl (C=O) groups is 1. The summed E-state index contributed by atoms with van der Waals surface area (Å²) < 4.78 is 14.5. The van der Waals surface area contributed by atoms with Crippen LogP contribution in [0.2, 0.25) is 0 Å². The molecular formula is C13H19ClFN3O. The van der Waals surface area contributed by atoms with E-state index in [-0.39, 0.29) is 11.8 Å². The lowest BCUT2D eigenvalue weighted by molar-refractivity contribution is -0.111. The molecule has 1 amide bonds. The molecule has 0 bridgehead atoms. The van der Waals surface area contributed by atoms with E-state index in [0.717, 1.165) is 0 Å². The number of rotatable bonds is 4. The molecule has 19 heavy (non-hydrogen) atoms. The van der Waals surface area contributed by atoms with E-state index in [1.807, 2.05) is 13.8 Å². The van der Waals surface area contributed by atoms with Crippen molar-refractivity contribution in [3.63, 3.8) is 0 Å². The highest BCUT2D eigenvalue weighted by Crippen LogP contribution is 2.52. The molecule has 1 heterocycles. The Hall–Kier alpha value is -1.36. The highest BCUT2D eigenvalue weighted by atomic mass is 35.5. The SMILES string of the molecule is CC.Cn1ccc(NC(=O)/C=C/CC2CC2(F)Cl)n1. The van der Waals surface area contributed by atoms with Crippen LogP contribution in [0.3, 0.4) is 0 Å². The van der Waals surface area contributed by atoms with Gasteiger partial charge in [-0.05, 0) is 12.5 Å². The third-order valence-corrected chi connectivity index (χ3v) is 3.07. The Bertz CT molecular complexity index is 456. The molecule has 0 aliphatic heterocycles. The van der Waals surface area contributed by atoms with Gasteiger partial charge in [0.15, 0.2) is 10.9 Å². The second-order valence-electron chi connectivity index (χ2n) is 4.16. The van der Waals surface area contributed by atoms with Crippen LogP contribution >= 0.6 is 11.6 Å². The zero-order chi connectivity index (χ0) is 14.5. The Labute approximate surface area is 117 Å². The van der Waals surface area contributed by atoms with Crippen molar-refractivity contribution in [1.82, 2.24) is 9.78 Å². The summed E-state index contributed by atoms with van der Waals surface area (Å²) in [5.41, 5.74) is 0. The number of amides is 1. The molecule has 2 unspecified atom stereocenters. The first-order valence-electron chi connectivity index (χ1n) is 6.32. The Morgan fingerprint density at radius 1 is 1.74 bits per heavy atom. The van der Waals surface area contributed by atoms with Crippen molar-refractivity contribution in [2.24, 2.45) is 13.0 Å². The van der Waals surface area contributed by atoms with Gasteiger partial charge in [0.2, 0.25) is 5.91 Å². The van der Waals surface area contributed by atoms with E-state index < -0.39 is 5.13 Å². The van der Waals surface area contributed by atoms with Crippen molar-refractivity contribution in [2.45, 2.75) is 31.8 Å². The van der Waals surface area contributed by atoms with E-state index in [1.165, 1.54) is 6.08 Å². The van der Waals surface area contributed by atoms with E-state index in [1.54, 1.807) is 30.1 Å². The zero-order valence-corrected chi connectivity index (χ0v) is 12.1. The van der Waals surface area contributed by atoms with Gasteiger partial charge in [0, 0.05) is 31.6 Å². The summed E-state index contributed by atoms with van der Waals surface area (Å²) >= 11 is 5.44. The molecule has 0 radical (unpaired) electrons. The molecule has 1 fully saturated rings. The number of halogens is 2. The minimum absolute atomic E-state index is 0.164. The van der Waals surface area contributed by atoms with Crippen molar-refractivity contribution >= 4 is 23.3 Å². The monoisotopic (exact) mass is 287 g/mol. The van der Waals surface area contributed by atoms with Crippen LogP contribution in [0, 0.1) is 5.92 Å². The largest absolute Gasteiger partial charge is 0.306 e. The molecule has 1 aromatic heterocycles. The van der Waals surface area contributed by atoms with E-state index in [9.17, 15) is 9.18 Å². The smallest absolute Gasteiger partial charge is 0.249 e. The summed E-state index contributed by atoms with van der Waals surface area (Å²) in [4.78, 5) is 11.4. The van der Waals surface area contributed by atoms with Crippen LogP contribution in [0.4, 0.5) is 10.2 Å². The molecule has 6 heteroatoms. The molecule has 0 spiro atoms. The molecule has 1 aliphatic carbocycles. The van der Waals surface area contributed by atoms with Crippen molar-refractivity contribution in [3.05, 3.63) is 24.4 Å². The summed E-state index contributed by atoms with van der Waals surface area (Å²) in [6, 6.07) is 1.69. The van der Waals surface area contributed by atoms with Crippen LogP contribution < -0.4 is 5.32 Å². The Morgan fingerprint density at radius 2 is 2.37 bits per heavy atom. The molecule has 1 N–H and O–H groups in total. The van der Waals surface area contributed by atoms with E-state index in [4.69, 9.17) is 11.6 Å². The summed E-state index contributed by atoms with van der Waals surface area (Å²) in [5.74, 6) is 0.0530. The quantitative estimate of drug-likeness (QED) is 0.682. The number of anilines is 1. The van der Waals surface area contributed by atoms with Crippen molar-refractivity contribution < 1.29 is 9.18 Å². The number of hydrogen-bond donors (Lipinski definition) is 1. The van der Waals surface area contributed by atoms with Gasteiger partial charge in [0.05, 0.1) is 0 Å². The fourth-order valence-electron chi connectivity index (χ4n) is 1.51. The van der Waals surface area contributed by atoms with Gasteiger partial charge >= 0.3 is 0 Å². The van der Waals surface area contributed by atoms with Gasteiger partial charge in [-0.25, -0.2) is 4.39 Å². The lowest BCUT2D eigenvalue weighted by atomic mass is 10.2. The first-order valence-corrected chi connectivity index (χ1v) is 6.70. The second-order valence-corrected chi connectivity index (χ2v) is 4.79. The fraction of sp³-hybridized carbons (Fsp3) is 0.538. The molecule has 2 rings (SSSR count). The number of aryl methyl sites for hydroxylation is 1. The Morgan fingerprint density at radius 3 is 2.84 bits per heavy atom. The predicted octanol–water partition coefficient (Wildman–Crippen LogP) is 3.26. The third kappa shape index (κ3) is 5.03. The summed E-state index contributed by atoms with van der Waals surface area (Å²) in [6.07, 6.45) is 5.58. The maximum Gasteiger partial charge on any atom is 0.249 e. The third-order valence-electron chi connectivity index (χ3n) is 2.61. The Balaban J connectivity index is 0.000000861. The standard InChI is InChI=1S/C11H13ClFN3O.C2H6/c1-16-6-5-9(15-16)14-10(17)4-2-3-8-7-11(8,12)13;1-2/h2,4-6,8H,3,7H2,1H3,(H,14,15,17);1-2H3/b4-2+;. The van der Waals surface area contributed by atoms with Gasteiger partial charge in [-0.15, -0.1) is 0 Å². The fourth-order valence-corrected chi connectivity index (χ4v) is 1.79. The number of allylic oxidation sites excluding steroid dienone is 1. The summed E-state index contributed by atoms with van der Waals surface area (Å²) in [7, 11) is 1.76. The predicted molar refractivity (Wildman–Crippen MR) is 74.7 cm³/mol. The molecule has 4 nitrogen and oxygen atoms in total. The van der Waals surface area contributed by atoms with E-state index in [2.05, 4.69) is 10.4 Å². The second kappa shape index (κ2) is 6.70. The molecule has 2 atom stereocenters. The van der Waals surface area contributed by atoms with Crippen molar-refractivity contribution in [3.8, 4) is 0 Å². The first kappa shape index (κ1) is 15.7. The number of hydrogen-bond acceptors (Lipinski definition) is 2. The van der Waals surface area contributed by atoms with Gasteiger partial charge in [-0.1, -0.05) is 31.5 Å².